The predicted octanol–water partition coefficient (Wildman–Crippen LogP) is 2.02. The number of carbonyl (C=O) groups is 1. The smallest absolute Gasteiger partial charge is 0.303 e. The van der Waals surface area contributed by atoms with Crippen molar-refractivity contribution < 1.29 is 14.6 Å². The number of hydrogen-bond acceptors (Lipinski definition) is 3. The zero-order valence-corrected chi connectivity index (χ0v) is 10.1. The first-order chi connectivity index (χ1) is 7.32. The largest absolute Gasteiger partial charge is 0.459 e. The standard InChI is InChI=1S/C13H20O3/c1-9(14)16-13-5-10-3-11(2,7-13)6-12(15,4-10)8-13/h10,15H,3-8H2,1-2H3. The Kier molecular flexibility index (Phi) is 1.86. The van der Waals surface area contributed by atoms with Crippen LogP contribution in [0.4, 0.5) is 0 Å². The van der Waals surface area contributed by atoms with Crippen molar-refractivity contribution in [3.63, 3.8) is 0 Å². The highest BCUT2D eigenvalue weighted by Gasteiger charge is 2.63. The van der Waals surface area contributed by atoms with E-state index in [1.54, 1.807) is 0 Å². The Hall–Kier alpha value is -0.570. The van der Waals surface area contributed by atoms with Gasteiger partial charge in [0.2, 0.25) is 0 Å². The van der Waals surface area contributed by atoms with Gasteiger partial charge >= 0.3 is 5.97 Å². The Morgan fingerprint density at radius 3 is 2.56 bits per heavy atom. The highest BCUT2D eigenvalue weighted by atomic mass is 16.6. The molecule has 0 saturated heterocycles. The van der Waals surface area contributed by atoms with Crippen LogP contribution in [0.3, 0.4) is 0 Å². The van der Waals surface area contributed by atoms with Crippen molar-refractivity contribution in [2.75, 3.05) is 0 Å². The van der Waals surface area contributed by atoms with Gasteiger partial charge < -0.3 is 9.84 Å². The monoisotopic (exact) mass is 224 g/mol. The number of rotatable bonds is 1. The lowest BCUT2D eigenvalue weighted by Gasteiger charge is -2.63. The fourth-order valence-electron chi connectivity index (χ4n) is 5.19. The molecule has 4 fully saturated rings. The number of esters is 1. The van der Waals surface area contributed by atoms with Crippen molar-refractivity contribution in [2.45, 2.75) is 63.6 Å². The van der Waals surface area contributed by atoms with Crippen LogP contribution in [0, 0.1) is 11.3 Å². The summed E-state index contributed by atoms with van der Waals surface area (Å²) in [5, 5.41) is 10.6. The normalized spacial score (nSPS) is 54.1. The molecule has 0 aromatic heterocycles. The van der Waals surface area contributed by atoms with Gasteiger partial charge in [-0.2, -0.15) is 0 Å². The van der Waals surface area contributed by atoms with Gasteiger partial charge in [-0.05, 0) is 43.4 Å². The first-order valence-corrected chi connectivity index (χ1v) is 6.24. The van der Waals surface area contributed by atoms with Crippen LogP contribution < -0.4 is 0 Å². The summed E-state index contributed by atoms with van der Waals surface area (Å²) in [5.41, 5.74) is -0.734. The average Bonchev–Trinajstić information content (AvgIpc) is 1.91. The van der Waals surface area contributed by atoms with Gasteiger partial charge in [-0.3, -0.25) is 4.79 Å². The lowest BCUT2D eigenvalue weighted by Crippen LogP contribution is -2.63. The molecule has 4 atom stereocenters. The first kappa shape index (κ1) is 10.6. The highest BCUT2D eigenvalue weighted by Crippen LogP contribution is 2.63. The van der Waals surface area contributed by atoms with E-state index in [1.807, 2.05) is 0 Å². The molecule has 0 radical (unpaired) electrons. The van der Waals surface area contributed by atoms with E-state index in [1.165, 1.54) is 13.3 Å². The van der Waals surface area contributed by atoms with Gasteiger partial charge in [0.1, 0.15) is 5.60 Å². The Morgan fingerprint density at radius 1 is 1.25 bits per heavy atom. The molecular formula is C13H20O3. The number of ether oxygens (including phenoxy) is 1. The summed E-state index contributed by atoms with van der Waals surface area (Å²) in [5.74, 6) is 0.347. The maximum absolute atomic E-state index is 11.2. The Morgan fingerprint density at radius 2 is 2.00 bits per heavy atom. The maximum Gasteiger partial charge on any atom is 0.303 e. The summed E-state index contributed by atoms with van der Waals surface area (Å²) in [4.78, 5) is 11.2. The molecule has 3 nitrogen and oxygen atoms in total. The molecule has 0 heterocycles. The van der Waals surface area contributed by atoms with Gasteiger partial charge in [0.15, 0.2) is 0 Å². The lowest BCUT2D eigenvalue weighted by molar-refractivity contribution is -0.238. The molecule has 90 valence electrons. The van der Waals surface area contributed by atoms with E-state index in [2.05, 4.69) is 6.92 Å². The minimum atomic E-state index is -0.566. The predicted molar refractivity (Wildman–Crippen MR) is 58.7 cm³/mol. The lowest BCUT2D eigenvalue weighted by atomic mass is 9.47. The van der Waals surface area contributed by atoms with Crippen molar-refractivity contribution in [3.8, 4) is 0 Å². The van der Waals surface area contributed by atoms with E-state index in [9.17, 15) is 9.90 Å². The number of hydrogen-bond donors (Lipinski definition) is 1. The summed E-state index contributed by atoms with van der Waals surface area (Å²) in [6, 6.07) is 0. The third kappa shape index (κ3) is 1.48. The molecule has 0 aliphatic heterocycles. The fourth-order valence-corrected chi connectivity index (χ4v) is 5.19. The molecule has 4 unspecified atom stereocenters. The summed E-state index contributed by atoms with van der Waals surface area (Å²) in [6.45, 7) is 3.71. The second kappa shape index (κ2) is 2.81. The van der Waals surface area contributed by atoms with E-state index in [0.717, 1.165) is 25.7 Å². The molecule has 4 rings (SSSR count). The van der Waals surface area contributed by atoms with E-state index in [-0.39, 0.29) is 17.0 Å². The van der Waals surface area contributed by atoms with Crippen molar-refractivity contribution >= 4 is 5.97 Å². The summed E-state index contributed by atoms with van der Waals surface area (Å²) in [6.07, 6.45) is 5.55. The summed E-state index contributed by atoms with van der Waals surface area (Å²) in [7, 11) is 0. The fraction of sp³-hybridized carbons (Fsp3) is 0.923. The second-order valence-corrected chi connectivity index (χ2v) is 6.82. The summed E-state index contributed by atoms with van der Waals surface area (Å²) >= 11 is 0. The molecule has 0 aromatic carbocycles. The quantitative estimate of drug-likeness (QED) is 0.693. The molecule has 0 amide bonds. The van der Waals surface area contributed by atoms with Gasteiger partial charge in [0, 0.05) is 13.3 Å². The van der Waals surface area contributed by atoms with Crippen LogP contribution in [0.1, 0.15) is 52.4 Å². The minimum absolute atomic E-state index is 0.184. The van der Waals surface area contributed by atoms with Crippen LogP contribution in [0.15, 0.2) is 0 Å². The van der Waals surface area contributed by atoms with Gasteiger partial charge in [-0.25, -0.2) is 0 Å². The van der Waals surface area contributed by atoms with Crippen LogP contribution in [0.25, 0.3) is 0 Å². The third-order valence-electron chi connectivity index (χ3n) is 4.63. The Bertz CT molecular complexity index is 331. The van der Waals surface area contributed by atoms with Crippen LogP contribution >= 0.6 is 0 Å². The zero-order chi connectivity index (χ0) is 11.6. The molecule has 3 heteroatoms. The van der Waals surface area contributed by atoms with Crippen LogP contribution in [0.5, 0.6) is 0 Å². The molecule has 4 aliphatic rings. The Labute approximate surface area is 96.2 Å². The van der Waals surface area contributed by atoms with Crippen molar-refractivity contribution in [3.05, 3.63) is 0 Å². The SMILES string of the molecule is CC(=O)OC12CC3CC(C)(CC(O)(C3)C1)C2. The van der Waals surface area contributed by atoms with E-state index in [4.69, 9.17) is 4.74 Å². The van der Waals surface area contributed by atoms with Gasteiger partial charge in [0.05, 0.1) is 5.60 Å². The Balaban J connectivity index is 1.95. The van der Waals surface area contributed by atoms with Crippen molar-refractivity contribution in [1.29, 1.82) is 0 Å². The first-order valence-electron chi connectivity index (χ1n) is 6.24. The third-order valence-corrected chi connectivity index (χ3v) is 4.63. The summed E-state index contributed by atoms with van der Waals surface area (Å²) < 4.78 is 5.58. The average molecular weight is 224 g/mol. The number of carbonyl (C=O) groups excluding carboxylic acids is 1. The van der Waals surface area contributed by atoms with Gasteiger partial charge in [0.25, 0.3) is 0 Å². The molecule has 4 saturated carbocycles. The van der Waals surface area contributed by atoms with E-state index < -0.39 is 5.60 Å². The second-order valence-electron chi connectivity index (χ2n) is 6.82. The van der Waals surface area contributed by atoms with Crippen LogP contribution in [0.2, 0.25) is 0 Å². The van der Waals surface area contributed by atoms with Crippen LogP contribution in [-0.2, 0) is 9.53 Å². The van der Waals surface area contributed by atoms with Crippen molar-refractivity contribution in [2.24, 2.45) is 11.3 Å². The topological polar surface area (TPSA) is 46.5 Å². The van der Waals surface area contributed by atoms with Crippen LogP contribution in [-0.4, -0.2) is 22.3 Å². The van der Waals surface area contributed by atoms with Crippen molar-refractivity contribution in [1.82, 2.24) is 0 Å². The number of aliphatic hydroxyl groups is 1. The maximum atomic E-state index is 11.2. The molecule has 4 bridgehead atoms. The van der Waals surface area contributed by atoms with E-state index in [0.29, 0.717) is 12.3 Å². The molecule has 16 heavy (non-hydrogen) atoms. The molecule has 0 aromatic rings. The minimum Gasteiger partial charge on any atom is -0.459 e. The van der Waals surface area contributed by atoms with Gasteiger partial charge in [-0.15, -0.1) is 0 Å². The zero-order valence-electron chi connectivity index (χ0n) is 10.1. The molecule has 1 N–H and O–H groups in total. The molecular weight excluding hydrogens is 204 g/mol. The molecule has 4 aliphatic carbocycles. The highest BCUT2D eigenvalue weighted by molar-refractivity contribution is 5.66. The van der Waals surface area contributed by atoms with Gasteiger partial charge in [-0.1, -0.05) is 6.92 Å². The van der Waals surface area contributed by atoms with E-state index >= 15 is 0 Å². The molecule has 0 spiro atoms.